The molecule has 22 heavy (non-hydrogen) atoms. The first-order valence-corrected chi connectivity index (χ1v) is 8.86. The predicted octanol–water partition coefficient (Wildman–Crippen LogP) is 7.24. The third kappa shape index (κ3) is 13.7. The number of rotatable bonds is 11. The van der Waals surface area contributed by atoms with E-state index < -0.39 is 0 Å². The minimum atomic E-state index is 0.759. The summed E-state index contributed by atoms with van der Waals surface area (Å²) in [4.78, 5) is 0. The van der Waals surface area contributed by atoms with Gasteiger partial charge in [-0.2, -0.15) is 0 Å². The Kier molecular flexibility index (Phi) is 12.7. The van der Waals surface area contributed by atoms with E-state index in [1.165, 1.54) is 43.3 Å². The number of allylic oxidation sites excluding steroid dienone is 6. The summed E-state index contributed by atoms with van der Waals surface area (Å²) >= 11 is 0. The van der Waals surface area contributed by atoms with Crippen LogP contribution in [0.3, 0.4) is 0 Å². The highest BCUT2D eigenvalue weighted by Gasteiger charge is 1.96. The van der Waals surface area contributed by atoms with Crippen LogP contribution >= 0.6 is 0 Å². The molecule has 0 aromatic carbocycles. The summed E-state index contributed by atoms with van der Waals surface area (Å²) in [5.41, 5.74) is 4.47. The maximum Gasteiger partial charge on any atom is 0.0269 e. The van der Waals surface area contributed by atoms with Crippen molar-refractivity contribution in [1.82, 2.24) is 0 Å². The van der Waals surface area contributed by atoms with Crippen LogP contribution in [0.4, 0.5) is 0 Å². The summed E-state index contributed by atoms with van der Waals surface area (Å²) in [6.45, 7) is 11.3. The van der Waals surface area contributed by atoms with E-state index in [-0.39, 0.29) is 0 Å². The molecular formula is C22H36. The molecule has 0 saturated carbocycles. The van der Waals surface area contributed by atoms with Crippen molar-refractivity contribution < 1.29 is 0 Å². The van der Waals surface area contributed by atoms with Gasteiger partial charge in [-0.25, -0.2) is 0 Å². The first-order valence-electron chi connectivity index (χ1n) is 8.86. The molecule has 0 spiro atoms. The van der Waals surface area contributed by atoms with Crippen LogP contribution in [0.25, 0.3) is 0 Å². The summed E-state index contributed by atoms with van der Waals surface area (Å²) in [7, 11) is 0. The van der Waals surface area contributed by atoms with Crippen molar-refractivity contribution >= 4 is 0 Å². The minimum absolute atomic E-state index is 0.759. The van der Waals surface area contributed by atoms with Gasteiger partial charge in [0.2, 0.25) is 0 Å². The van der Waals surface area contributed by atoms with Gasteiger partial charge in [-0.3, -0.25) is 0 Å². The monoisotopic (exact) mass is 300 g/mol. The molecule has 0 saturated heterocycles. The summed E-state index contributed by atoms with van der Waals surface area (Å²) in [5, 5.41) is 0. The Morgan fingerprint density at radius 3 is 1.86 bits per heavy atom. The molecule has 0 aliphatic rings. The predicted molar refractivity (Wildman–Crippen MR) is 102 cm³/mol. The van der Waals surface area contributed by atoms with Gasteiger partial charge in [0.05, 0.1) is 0 Å². The van der Waals surface area contributed by atoms with Crippen molar-refractivity contribution in [3.63, 3.8) is 0 Å². The molecule has 0 radical (unpaired) electrons. The van der Waals surface area contributed by atoms with Gasteiger partial charge in [0, 0.05) is 6.42 Å². The average molecular weight is 301 g/mol. The highest BCUT2D eigenvalue weighted by atomic mass is 14.0. The molecule has 0 heteroatoms. The Balaban J connectivity index is 3.90. The Morgan fingerprint density at radius 1 is 0.864 bits per heavy atom. The van der Waals surface area contributed by atoms with Crippen molar-refractivity contribution in [2.45, 2.75) is 86.0 Å². The molecule has 0 aliphatic heterocycles. The number of hydrogen-bond donors (Lipinski definition) is 0. The van der Waals surface area contributed by atoms with Gasteiger partial charge in [-0.1, -0.05) is 55.2 Å². The topological polar surface area (TPSA) is 0 Å². The van der Waals surface area contributed by atoms with Crippen LogP contribution in [-0.2, 0) is 0 Å². The minimum Gasteiger partial charge on any atom is -0.120 e. The maximum absolute atomic E-state index is 5.27. The van der Waals surface area contributed by atoms with Gasteiger partial charge < -0.3 is 0 Å². The lowest BCUT2D eigenvalue weighted by Gasteiger charge is -2.05. The molecule has 0 amide bonds. The van der Waals surface area contributed by atoms with E-state index in [1.54, 1.807) is 5.57 Å². The van der Waals surface area contributed by atoms with E-state index in [9.17, 15) is 0 Å². The lowest BCUT2D eigenvalue weighted by atomic mass is 10.0. The first-order chi connectivity index (χ1) is 10.5. The highest BCUT2D eigenvalue weighted by Crippen LogP contribution is 2.15. The molecule has 0 N–H and O–H groups in total. The van der Waals surface area contributed by atoms with Crippen LogP contribution in [0.15, 0.2) is 34.9 Å². The van der Waals surface area contributed by atoms with E-state index in [2.05, 4.69) is 58.8 Å². The van der Waals surface area contributed by atoms with E-state index in [4.69, 9.17) is 6.42 Å². The van der Waals surface area contributed by atoms with Crippen LogP contribution in [-0.4, -0.2) is 0 Å². The molecule has 0 rings (SSSR count). The zero-order chi connectivity index (χ0) is 16.8. The summed E-state index contributed by atoms with van der Waals surface area (Å²) in [5.74, 6) is 3.49. The number of hydrogen-bond acceptors (Lipinski definition) is 0. The standard InChI is InChI=1S/C22H36/c1-7-8-13-20(4)15-10-17-22(6)18-11-16-21(5)14-9-12-19(2)3/h1,13,16-17,19H,8-12,14-15,18H2,2-6H3. The lowest BCUT2D eigenvalue weighted by Crippen LogP contribution is -1.88. The molecule has 0 aromatic heterocycles. The van der Waals surface area contributed by atoms with Crippen molar-refractivity contribution in [3.8, 4) is 12.3 Å². The van der Waals surface area contributed by atoms with Gasteiger partial charge in [0.1, 0.15) is 0 Å². The first kappa shape index (κ1) is 20.8. The third-order valence-electron chi connectivity index (χ3n) is 3.98. The second kappa shape index (κ2) is 13.4. The smallest absolute Gasteiger partial charge is 0.0269 e. The quantitative estimate of drug-likeness (QED) is 0.279. The highest BCUT2D eigenvalue weighted by molar-refractivity contribution is 5.08. The summed E-state index contributed by atoms with van der Waals surface area (Å²) in [6, 6.07) is 0. The Bertz CT molecular complexity index is 410. The van der Waals surface area contributed by atoms with Gasteiger partial charge in [0.25, 0.3) is 0 Å². The molecule has 0 fully saturated rings. The molecule has 0 bridgehead atoms. The van der Waals surface area contributed by atoms with E-state index >= 15 is 0 Å². The van der Waals surface area contributed by atoms with Gasteiger partial charge >= 0.3 is 0 Å². The fraction of sp³-hybridized carbons (Fsp3) is 0.636. The maximum atomic E-state index is 5.27. The summed E-state index contributed by atoms with van der Waals surface area (Å²) < 4.78 is 0. The van der Waals surface area contributed by atoms with Crippen LogP contribution in [0.5, 0.6) is 0 Å². The van der Waals surface area contributed by atoms with Crippen LogP contribution in [0.2, 0.25) is 0 Å². The fourth-order valence-corrected chi connectivity index (χ4v) is 2.42. The molecule has 124 valence electrons. The molecule has 0 heterocycles. The molecule has 0 nitrogen and oxygen atoms in total. The van der Waals surface area contributed by atoms with Gasteiger partial charge in [0.15, 0.2) is 0 Å². The Morgan fingerprint density at radius 2 is 1.36 bits per heavy atom. The second-order valence-electron chi connectivity index (χ2n) is 6.92. The van der Waals surface area contributed by atoms with Crippen LogP contribution < -0.4 is 0 Å². The van der Waals surface area contributed by atoms with Crippen LogP contribution in [0, 0.1) is 18.3 Å². The van der Waals surface area contributed by atoms with E-state index in [0.717, 1.165) is 25.2 Å². The average Bonchev–Trinajstić information content (AvgIpc) is 2.44. The lowest BCUT2D eigenvalue weighted by molar-refractivity contribution is 0.554. The van der Waals surface area contributed by atoms with Crippen molar-refractivity contribution in [2.75, 3.05) is 0 Å². The Hall–Kier alpha value is -1.22. The van der Waals surface area contributed by atoms with Crippen molar-refractivity contribution in [3.05, 3.63) is 34.9 Å². The van der Waals surface area contributed by atoms with Crippen LogP contribution in [0.1, 0.15) is 86.0 Å². The van der Waals surface area contributed by atoms with Gasteiger partial charge in [-0.05, 0) is 65.2 Å². The fourth-order valence-electron chi connectivity index (χ4n) is 2.42. The molecule has 0 aromatic rings. The second-order valence-corrected chi connectivity index (χ2v) is 6.92. The Labute approximate surface area is 139 Å². The molecule has 0 aliphatic carbocycles. The number of terminal acetylenes is 1. The summed E-state index contributed by atoms with van der Waals surface area (Å²) in [6.07, 6.45) is 21.6. The largest absolute Gasteiger partial charge is 0.120 e. The zero-order valence-electron chi connectivity index (χ0n) is 15.5. The van der Waals surface area contributed by atoms with Crippen molar-refractivity contribution in [1.29, 1.82) is 0 Å². The zero-order valence-corrected chi connectivity index (χ0v) is 15.5. The molecule has 0 atom stereocenters. The normalized spacial score (nSPS) is 13.6. The molecule has 0 unspecified atom stereocenters. The SMILES string of the molecule is C#CCC=C(C)CCC=C(C)CCC=C(C)CCCC(C)C. The van der Waals surface area contributed by atoms with E-state index in [0.29, 0.717) is 0 Å². The van der Waals surface area contributed by atoms with Gasteiger partial charge in [-0.15, -0.1) is 12.3 Å². The van der Waals surface area contributed by atoms with E-state index in [1.807, 2.05) is 0 Å². The van der Waals surface area contributed by atoms with Crippen molar-refractivity contribution in [2.24, 2.45) is 5.92 Å². The third-order valence-corrected chi connectivity index (χ3v) is 3.98. The molecular weight excluding hydrogens is 264 g/mol.